The van der Waals surface area contributed by atoms with E-state index >= 15 is 0 Å². The first-order valence-corrected chi connectivity index (χ1v) is 6.19. The number of carbonyl (C=O) groups excluding carboxylic acids is 1. The van der Waals surface area contributed by atoms with Crippen LogP contribution in [0.1, 0.15) is 53.9 Å². The average molecular weight is 224 g/mol. The lowest BCUT2D eigenvalue weighted by Gasteiger charge is -2.34. The fourth-order valence-electron chi connectivity index (χ4n) is 1.65. The second-order valence-electron chi connectivity index (χ2n) is 5.87. The summed E-state index contributed by atoms with van der Waals surface area (Å²) in [4.78, 5) is 12.1. The van der Waals surface area contributed by atoms with Gasteiger partial charge in [0.05, 0.1) is 5.41 Å². The van der Waals surface area contributed by atoms with Crippen molar-refractivity contribution in [1.29, 1.82) is 0 Å². The van der Waals surface area contributed by atoms with Gasteiger partial charge in [-0.15, -0.1) is 0 Å². The first-order valence-electron chi connectivity index (χ1n) is 6.19. The second-order valence-corrected chi connectivity index (χ2v) is 5.87. The van der Waals surface area contributed by atoms with Gasteiger partial charge in [0, 0.05) is 0 Å². The average Bonchev–Trinajstić information content (AvgIpc) is 2.17. The van der Waals surface area contributed by atoms with E-state index in [0.29, 0.717) is 0 Å². The zero-order valence-corrected chi connectivity index (χ0v) is 11.2. The third kappa shape index (κ3) is 2.87. The summed E-state index contributed by atoms with van der Waals surface area (Å²) < 4.78 is 5.68. The smallest absolute Gasteiger partial charge is 0.312 e. The molecule has 1 atom stereocenters. The fraction of sp³-hybridized carbons (Fsp3) is 0.786. The number of carbonyl (C=O) groups is 1. The maximum atomic E-state index is 12.1. The van der Waals surface area contributed by atoms with Gasteiger partial charge >= 0.3 is 5.97 Å². The van der Waals surface area contributed by atoms with Gasteiger partial charge in [-0.25, -0.2) is 0 Å². The fourth-order valence-corrected chi connectivity index (χ4v) is 1.65. The lowest BCUT2D eigenvalue weighted by molar-refractivity contribution is -0.168. The first-order chi connectivity index (χ1) is 7.28. The van der Waals surface area contributed by atoms with E-state index in [-0.39, 0.29) is 17.5 Å². The van der Waals surface area contributed by atoms with Crippen LogP contribution in [0.3, 0.4) is 0 Å². The molecular formula is C14H24O2. The Bertz CT molecular complexity index is 289. The highest BCUT2D eigenvalue weighted by molar-refractivity contribution is 5.76. The van der Waals surface area contributed by atoms with Crippen LogP contribution in [0.5, 0.6) is 0 Å². The SMILES string of the molecule is CC(C)C(C)(C)C(=O)OC1(C)C=CCCC1. The van der Waals surface area contributed by atoms with E-state index in [2.05, 4.69) is 19.9 Å². The molecule has 1 aliphatic rings. The van der Waals surface area contributed by atoms with Crippen molar-refractivity contribution in [1.82, 2.24) is 0 Å². The number of esters is 1. The molecule has 0 heterocycles. The molecule has 0 radical (unpaired) electrons. The molecule has 2 heteroatoms. The van der Waals surface area contributed by atoms with E-state index in [9.17, 15) is 4.79 Å². The Hall–Kier alpha value is -0.790. The summed E-state index contributed by atoms with van der Waals surface area (Å²) in [5.41, 5.74) is -0.796. The number of rotatable bonds is 3. The van der Waals surface area contributed by atoms with Crippen LogP contribution in [0, 0.1) is 11.3 Å². The molecule has 1 unspecified atom stereocenters. The van der Waals surface area contributed by atoms with E-state index in [4.69, 9.17) is 4.74 Å². The topological polar surface area (TPSA) is 26.3 Å². The lowest BCUT2D eigenvalue weighted by Crippen LogP contribution is -2.39. The maximum Gasteiger partial charge on any atom is 0.312 e. The van der Waals surface area contributed by atoms with Crippen LogP contribution in [-0.4, -0.2) is 11.6 Å². The standard InChI is InChI=1S/C14H24O2/c1-11(2)13(3,4)12(15)16-14(5)9-7-6-8-10-14/h7,9,11H,6,8,10H2,1-5H3. The third-order valence-electron chi connectivity index (χ3n) is 3.81. The molecular weight excluding hydrogens is 200 g/mol. The molecule has 0 N–H and O–H groups in total. The van der Waals surface area contributed by atoms with Crippen molar-refractivity contribution in [2.45, 2.75) is 59.5 Å². The van der Waals surface area contributed by atoms with Crippen molar-refractivity contribution in [2.24, 2.45) is 11.3 Å². The van der Waals surface area contributed by atoms with Crippen molar-refractivity contribution in [3.05, 3.63) is 12.2 Å². The Morgan fingerprint density at radius 2 is 2.06 bits per heavy atom. The molecule has 16 heavy (non-hydrogen) atoms. The predicted octanol–water partition coefficient (Wildman–Crippen LogP) is 3.71. The molecule has 0 aromatic heterocycles. The zero-order chi connectivity index (χ0) is 12.4. The Balaban J connectivity index is 2.70. The molecule has 2 nitrogen and oxygen atoms in total. The largest absolute Gasteiger partial charge is 0.455 e. The van der Waals surface area contributed by atoms with Gasteiger partial charge in [0.1, 0.15) is 5.60 Å². The van der Waals surface area contributed by atoms with Gasteiger partial charge in [-0.1, -0.05) is 19.9 Å². The maximum absolute atomic E-state index is 12.1. The Morgan fingerprint density at radius 3 is 2.50 bits per heavy atom. The first kappa shape index (κ1) is 13.3. The summed E-state index contributed by atoms with van der Waals surface area (Å²) in [6.07, 6.45) is 7.27. The quantitative estimate of drug-likeness (QED) is 0.539. The van der Waals surface area contributed by atoms with Crippen LogP contribution in [0.25, 0.3) is 0 Å². The van der Waals surface area contributed by atoms with Crippen LogP contribution in [0.2, 0.25) is 0 Å². The van der Waals surface area contributed by atoms with Crippen molar-refractivity contribution < 1.29 is 9.53 Å². The van der Waals surface area contributed by atoms with E-state index < -0.39 is 5.41 Å². The highest BCUT2D eigenvalue weighted by Gasteiger charge is 2.37. The van der Waals surface area contributed by atoms with Gasteiger partial charge in [0.15, 0.2) is 0 Å². The molecule has 92 valence electrons. The van der Waals surface area contributed by atoms with Crippen LogP contribution < -0.4 is 0 Å². The molecule has 0 aromatic carbocycles. The van der Waals surface area contributed by atoms with E-state index in [0.717, 1.165) is 19.3 Å². The Morgan fingerprint density at radius 1 is 1.44 bits per heavy atom. The molecule has 0 bridgehead atoms. The van der Waals surface area contributed by atoms with Crippen LogP contribution in [0.4, 0.5) is 0 Å². The van der Waals surface area contributed by atoms with Crippen LogP contribution >= 0.6 is 0 Å². The highest BCUT2D eigenvalue weighted by Crippen LogP contribution is 2.33. The van der Waals surface area contributed by atoms with Gasteiger partial charge in [0.2, 0.25) is 0 Å². The van der Waals surface area contributed by atoms with Crippen molar-refractivity contribution in [2.75, 3.05) is 0 Å². The number of hydrogen-bond donors (Lipinski definition) is 0. The Kier molecular flexibility index (Phi) is 3.82. The highest BCUT2D eigenvalue weighted by atomic mass is 16.6. The summed E-state index contributed by atoms with van der Waals surface area (Å²) in [6, 6.07) is 0. The molecule has 0 aliphatic heterocycles. The molecule has 0 amide bonds. The molecule has 0 saturated carbocycles. The van der Waals surface area contributed by atoms with Gasteiger partial charge in [0.25, 0.3) is 0 Å². The minimum absolute atomic E-state index is 0.0865. The summed E-state index contributed by atoms with van der Waals surface area (Å²) in [6.45, 7) is 10.0. The van der Waals surface area contributed by atoms with Gasteiger partial charge < -0.3 is 4.74 Å². The second kappa shape index (κ2) is 4.60. The van der Waals surface area contributed by atoms with Crippen LogP contribution in [0.15, 0.2) is 12.2 Å². The zero-order valence-electron chi connectivity index (χ0n) is 11.2. The van der Waals surface area contributed by atoms with E-state index in [1.807, 2.05) is 26.8 Å². The van der Waals surface area contributed by atoms with E-state index in [1.165, 1.54) is 0 Å². The summed E-state index contributed by atoms with van der Waals surface area (Å²) in [7, 11) is 0. The Labute approximate surface area is 99.1 Å². The number of hydrogen-bond acceptors (Lipinski definition) is 2. The third-order valence-corrected chi connectivity index (χ3v) is 3.81. The molecule has 0 aromatic rings. The minimum Gasteiger partial charge on any atom is -0.455 e. The van der Waals surface area contributed by atoms with Gasteiger partial charge in [-0.3, -0.25) is 4.79 Å². The number of ether oxygens (including phenoxy) is 1. The van der Waals surface area contributed by atoms with Crippen LogP contribution in [-0.2, 0) is 9.53 Å². The summed E-state index contributed by atoms with van der Waals surface area (Å²) in [5.74, 6) is 0.202. The molecule has 1 rings (SSSR count). The lowest BCUT2D eigenvalue weighted by atomic mass is 9.81. The van der Waals surface area contributed by atoms with E-state index in [1.54, 1.807) is 0 Å². The van der Waals surface area contributed by atoms with Gasteiger partial charge in [-0.2, -0.15) is 0 Å². The van der Waals surface area contributed by atoms with Crippen molar-refractivity contribution in [3.63, 3.8) is 0 Å². The predicted molar refractivity (Wildman–Crippen MR) is 66.1 cm³/mol. The summed E-state index contributed by atoms with van der Waals surface area (Å²) in [5, 5.41) is 0. The molecule has 1 aliphatic carbocycles. The minimum atomic E-state index is -0.408. The number of allylic oxidation sites excluding steroid dienone is 1. The van der Waals surface area contributed by atoms with Crippen molar-refractivity contribution in [3.8, 4) is 0 Å². The summed E-state index contributed by atoms with van der Waals surface area (Å²) >= 11 is 0. The van der Waals surface area contributed by atoms with Gasteiger partial charge in [-0.05, 0) is 52.0 Å². The molecule has 0 spiro atoms. The van der Waals surface area contributed by atoms with Crippen molar-refractivity contribution >= 4 is 5.97 Å². The molecule has 0 fully saturated rings. The molecule has 0 saturated heterocycles. The monoisotopic (exact) mass is 224 g/mol. The normalized spacial score (nSPS) is 25.9.